The van der Waals surface area contributed by atoms with Gasteiger partial charge in [0.2, 0.25) is 0 Å². The first-order valence-corrected chi connectivity index (χ1v) is 8.42. The maximum absolute atomic E-state index is 6.07. The summed E-state index contributed by atoms with van der Waals surface area (Å²) in [5, 5.41) is 0. The van der Waals surface area contributed by atoms with Crippen LogP contribution in [0.1, 0.15) is 17.9 Å². The summed E-state index contributed by atoms with van der Waals surface area (Å²) in [4.78, 5) is 1.09. The van der Waals surface area contributed by atoms with E-state index in [2.05, 4.69) is 31.9 Å². The van der Waals surface area contributed by atoms with Gasteiger partial charge in [-0.2, -0.15) is 0 Å². The lowest BCUT2D eigenvalue weighted by Gasteiger charge is -2.22. The third-order valence-electron chi connectivity index (χ3n) is 2.74. The van der Waals surface area contributed by atoms with E-state index in [4.69, 9.17) is 15.2 Å². The lowest BCUT2D eigenvalue weighted by atomic mass is 10.1. The van der Waals surface area contributed by atoms with Crippen LogP contribution in [-0.4, -0.2) is 13.2 Å². The Morgan fingerprint density at radius 3 is 2.45 bits per heavy atom. The molecule has 0 amide bonds. The summed E-state index contributed by atoms with van der Waals surface area (Å²) in [7, 11) is 1.64. The average Bonchev–Trinajstić information content (AvgIpc) is 2.83. The molecule has 0 aliphatic heterocycles. The summed E-state index contributed by atoms with van der Waals surface area (Å²) in [6.07, 6.45) is -0.184. The van der Waals surface area contributed by atoms with Crippen molar-refractivity contribution in [3.8, 4) is 11.5 Å². The fraction of sp³-hybridized carbons (Fsp3) is 0.286. The van der Waals surface area contributed by atoms with Crippen LogP contribution in [0.2, 0.25) is 0 Å². The van der Waals surface area contributed by atoms with Crippen LogP contribution < -0.4 is 15.2 Å². The molecule has 0 radical (unpaired) electrons. The highest BCUT2D eigenvalue weighted by atomic mass is 79.9. The van der Waals surface area contributed by atoms with Crippen LogP contribution in [0.4, 0.5) is 0 Å². The number of benzene rings is 1. The first-order valence-electron chi connectivity index (χ1n) is 6.02. The number of thiophene rings is 1. The van der Waals surface area contributed by atoms with Crippen LogP contribution in [-0.2, 0) is 0 Å². The second kappa shape index (κ2) is 6.93. The number of nitrogens with two attached hydrogens (primary N) is 1. The van der Waals surface area contributed by atoms with Crippen LogP contribution in [0.5, 0.6) is 11.5 Å². The zero-order chi connectivity index (χ0) is 14.7. The van der Waals surface area contributed by atoms with Gasteiger partial charge in [0.15, 0.2) is 0 Å². The third kappa shape index (κ3) is 3.75. The topological polar surface area (TPSA) is 44.5 Å². The summed E-state index contributed by atoms with van der Waals surface area (Å²) in [6, 6.07) is 9.53. The van der Waals surface area contributed by atoms with Gasteiger partial charge in [0.25, 0.3) is 0 Å². The van der Waals surface area contributed by atoms with Gasteiger partial charge in [-0.05, 0) is 69.1 Å². The number of methoxy groups -OCH3 is 1. The Kier molecular flexibility index (Phi) is 5.49. The van der Waals surface area contributed by atoms with Crippen LogP contribution in [0, 0.1) is 0 Å². The summed E-state index contributed by atoms with van der Waals surface area (Å²) in [5.74, 6) is 1.53. The van der Waals surface area contributed by atoms with E-state index in [1.165, 1.54) is 0 Å². The van der Waals surface area contributed by atoms with Crippen molar-refractivity contribution in [2.24, 2.45) is 5.73 Å². The van der Waals surface area contributed by atoms with Gasteiger partial charge in [-0.1, -0.05) is 0 Å². The molecule has 1 aromatic carbocycles. The zero-order valence-corrected chi connectivity index (χ0v) is 15.1. The van der Waals surface area contributed by atoms with Gasteiger partial charge in [-0.3, -0.25) is 0 Å². The Labute approximate surface area is 139 Å². The van der Waals surface area contributed by atoms with E-state index >= 15 is 0 Å². The molecule has 2 aromatic rings. The highest BCUT2D eigenvalue weighted by Gasteiger charge is 2.21. The molecular formula is C14H15Br2NO2S. The lowest BCUT2D eigenvalue weighted by molar-refractivity contribution is 0.182. The van der Waals surface area contributed by atoms with E-state index in [9.17, 15) is 0 Å². The van der Waals surface area contributed by atoms with Crippen molar-refractivity contribution < 1.29 is 9.47 Å². The third-order valence-corrected chi connectivity index (χ3v) is 5.05. The van der Waals surface area contributed by atoms with E-state index in [0.717, 1.165) is 24.6 Å². The van der Waals surface area contributed by atoms with E-state index < -0.39 is 0 Å². The molecule has 6 heteroatoms. The summed E-state index contributed by atoms with van der Waals surface area (Å²) >= 11 is 8.58. The van der Waals surface area contributed by atoms with Crippen molar-refractivity contribution in [2.45, 2.75) is 19.1 Å². The quantitative estimate of drug-likeness (QED) is 0.758. The number of halogens is 2. The second-order valence-electron chi connectivity index (χ2n) is 4.34. The molecule has 1 heterocycles. The van der Waals surface area contributed by atoms with Crippen molar-refractivity contribution in [3.63, 3.8) is 0 Å². The van der Waals surface area contributed by atoms with E-state index in [-0.39, 0.29) is 12.1 Å². The summed E-state index contributed by atoms with van der Waals surface area (Å²) < 4.78 is 13.2. The number of hydrogen-bond acceptors (Lipinski definition) is 4. The van der Waals surface area contributed by atoms with E-state index in [1.54, 1.807) is 18.4 Å². The monoisotopic (exact) mass is 419 g/mol. The lowest BCUT2D eigenvalue weighted by Crippen LogP contribution is -2.28. The Morgan fingerprint density at radius 1 is 1.20 bits per heavy atom. The maximum Gasteiger partial charge on any atom is 0.148 e. The molecule has 0 fully saturated rings. The van der Waals surface area contributed by atoms with Gasteiger partial charge in [-0.25, -0.2) is 0 Å². The second-order valence-corrected chi connectivity index (χ2v) is 7.68. The molecule has 2 N–H and O–H groups in total. The molecule has 0 aliphatic carbocycles. The normalized spacial score (nSPS) is 13.8. The minimum atomic E-state index is -0.184. The maximum atomic E-state index is 6.07. The fourth-order valence-electron chi connectivity index (χ4n) is 1.75. The van der Waals surface area contributed by atoms with Gasteiger partial charge in [0.1, 0.15) is 17.6 Å². The predicted octanol–water partition coefficient (Wildman–Crippen LogP) is 4.75. The van der Waals surface area contributed by atoms with Crippen LogP contribution >= 0.6 is 43.2 Å². The molecule has 0 aliphatic rings. The summed E-state index contributed by atoms with van der Waals surface area (Å²) in [6.45, 7) is 1.94. The van der Waals surface area contributed by atoms with Gasteiger partial charge >= 0.3 is 0 Å². The number of hydrogen-bond donors (Lipinski definition) is 1. The van der Waals surface area contributed by atoms with Crippen molar-refractivity contribution >= 4 is 43.2 Å². The molecule has 0 spiro atoms. The Bertz CT molecular complexity index is 586. The molecule has 108 valence electrons. The fourth-order valence-corrected chi connectivity index (χ4v) is 3.77. The van der Waals surface area contributed by atoms with Crippen molar-refractivity contribution in [1.29, 1.82) is 0 Å². The molecule has 3 nitrogen and oxygen atoms in total. The Hall–Kier alpha value is -0.560. The smallest absolute Gasteiger partial charge is 0.148 e. The van der Waals surface area contributed by atoms with Crippen LogP contribution in [0.25, 0.3) is 0 Å². The molecule has 0 saturated heterocycles. The minimum Gasteiger partial charge on any atom is -0.497 e. The van der Waals surface area contributed by atoms with Crippen LogP contribution in [0.3, 0.4) is 0 Å². The van der Waals surface area contributed by atoms with E-state index in [0.29, 0.717) is 0 Å². The standard InChI is InChI=1S/C14H15Br2NO2S/c1-8(17)14(12-5-6-13(16)20-12)19-11-4-3-9(18-2)7-10(11)15/h3-8,14H,17H2,1-2H3. The number of ether oxygens (including phenoxy) is 2. The Balaban J connectivity index is 2.25. The molecule has 1 aromatic heterocycles. The minimum absolute atomic E-state index is 0.116. The highest BCUT2D eigenvalue weighted by Crippen LogP contribution is 2.36. The van der Waals surface area contributed by atoms with Crippen molar-refractivity contribution in [3.05, 3.63) is 43.5 Å². The largest absolute Gasteiger partial charge is 0.497 e. The van der Waals surface area contributed by atoms with Gasteiger partial charge < -0.3 is 15.2 Å². The molecule has 0 bridgehead atoms. The average molecular weight is 421 g/mol. The first-order chi connectivity index (χ1) is 9.51. The van der Waals surface area contributed by atoms with Gasteiger partial charge in [-0.15, -0.1) is 11.3 Å². The predicted molar refractivity (Wildman–Crippen MR) is 89.7 cm³/mol. The molecule has 20 heavy (non-hydrogen) atoms. The molecule has 2 rings (SSSR count). The van der Waals surface area contributed by atoms with E-state index in [1.807, 2.05) is 37.3 Å². The molecule has 2 atom stereocenters. The molecule has 2 unspecified atom stereocenters. The van der Waals surface area contributed by atoms with Crippen LogP contribution in [0.15, 0.2) is 38.6 Å². The molecule has 0 saturated carbocycles. The highest BCUT2D eigenvalue weighted by molar-refractivity contribution is 9.11. The Morgan fingerprint density at radius 2 is 1.95 bits per heavy atom. The number of rotatable bonds is 5. The van der Waals surface area contributed by atoms with Gasteiger partial charge in [0, 0.05) is 10.9 Å². The zero-order valence-electron chi connectivity index (χ0n) is 11.1. The molecular weight excluding hydrogens is 406 g/mol. The van der Waals surface area contributed by atoms with Crippen molar-refractivity contribution in [1.82, 2.24) is 0 Å². The van der Waals surface area contributed by atoms with Crippen molar-refractivity contribution in [2.75, 3.05) is 7.11 Å². The first kappa shape index (κ1) is 15.8. The SMILES string of the molecule is COc1ccc(OC(c2ccc(Br)s2)C(C)N)c(Br)c1. The van der Waals surface area contributed by atoms with Gasteiger partial charge in [0.05, 0.1) is 15.4 Å². The summed E-state index contributed by atoms with van der Waals surface area (Å²) in [5.41, 5.74) is 6.06.